The highest BCUT2D eigenvalue weighted by Crippen LogP contribution is 2.47. The van der Waals surface area contributed by atoms with Gasteiger partial charge in [0, 0.05) is 12.6 Å². The summed E-state index contributed by atoms with van der Waals surface area (Å²) in [5.74, 6) is 0.672. The Morgan fingerprint density at radius 3 is 2.94 bits per heavy atom. The van der Waals surface area contributed by atoms with Gasteiger partial charge in [0.05, 0.1) is 5.60 Å². The topological polar surface area (TPSA) is 21.3 Å². The molecule has 2 nitrogen and oxygen atoms in total. The van der Waals surface area contributed by atoms with E-state index in [1.165, 1.54) is 24.0 Å². The summed E-state index contributed by atoms with van der Waals surface area (Å²) in [4.78, 5) is 0. The van der Waals surface area contributed by atoms with Gasteiger partial charge in [0.1, 0.15) is 0 Å². The first-order chi connectivity index (χ1) is 8.75. The summed E-state index contributed by atoms with van der Waals surface area (Å²) in [6.07, 6.45) is 4.67. The standard InChI is InChI=1S/C16H23NO/c1-12-7-9-16(11-13(17-2)8-10-18-16)15-6-4-3-5-14(12)15/h3-6,12-13,17H,7-11H2,1-2H3. The molecule has 0 amide bonds. The first-order valence-electron chi connectivity index (χ1n) is 7.16. The molecular weight excluding hydrogens is 222 g/mol. The van der Waals surface area contributed by atoms with Gasteiger partial charge < -0.3 is 10.1 Å². The largest absolute Gasteiger partial charge is 0.370 e. The van der Waals surface area contributed by atoms with E-state index >= 15 is 0 Å². The van der Waals surface area contributed by atoms with Gasteiger partial charge in [0.2, 0.25) is 0 Å². The molecule has 1 fully saturated rings. The lowest BCUT2D eigenvalue weighted by Crippen LogP contribution is -2.46. The van der Waals surface area contributed by atoms with E-state index < -0.39 is 0 Å². The van der Waals surface area contributed by atoms with Crippen LogP contribution in [0, 0.1) is 0 Å². The third-order valence-electron chi connectivity index (χ3n) is 4.79. The lowest BCUT2D eigenvalue weighted by Gasteiger charge is -2.46. The predicted octanol–water partition coefficient (Wildman–Crippen LogP) is 3.18. The summed E-state index contributed by atoms with van der Waals surface area (Å²) in [5.41, 5.74) is 2.93. The number of benzene rings is 1. The van der Waals surface area contributed by atoms with Gasteiger partial charge >= 0.3 is 0 Å². The van der Waals surface area contributed by atoms with Gasteiger partial charge in [-0.15, -0.1) is 0 Å². The summed E-state index contributed by atoms with van der Waals surface area (Å²) in [5, 5.41) is 3.44. The van der Waals surface area contributed by atoms with Gasteiger partial charge in [-0.1, -0.05) is 31.2 Å². The molecule has 1 spiro atoms. The van der Waals surface area contributed by atoms with Crippen molar-refractivity contribution in [1.29, 1.82) is 0 Å². The van der Waals surface area contributed by atoms with E-state index in [1.807, 2.05) is 0 Å². The second-order valence-electron chi connectivity index (χ2n) is 5.85. The maximum absolute atomic E-state index is 6.27. The molecule has 0 bridgehead atoms. The summed E-state index contributed by atoms with van der Waals surface area (Å²) in [6, 6.07) is 9.48. The molecular formula is C16H23NO. The molecule has 3 rings (SSSR count). The molecule has 1 saturated heterocycles. The van der Waals surface area contributed by atoms with Crippen molar-refractivity contribution in [2.45, 2.75) is 50.2 Å². The minimum atomic E-state index is -0.0188. The van der Waals surface area contributed by atoms with Gasteiger partial charge in [-0.3, -0.25) is 0 Å². The molecule has 0 aromatic heterocycles. The molecule has 0 radical (unpaired) electrons. The molecule has 3 unspecified atom stereocenters. The molecule has 1 aromatic carbocycles. The van der Waals surface area contributed by atoms with E-state index in [4.69, 9.17) is 4.74 Å². The van der Waals surface area contributed by atoms with Crippen molar-refractivity contribution < 1.29 is 4.74 Å². The molecule has 18 heavy (non-hydrogen) atoms. The van der Waals surface area contributed by atoms with Gasteiger partial charge in [-0.2, -0.15) is 0 Å². The Balaban J connectivity index is 2.00. The maximum atomic E-state index is 6.27. The molecule has 0 saturated carbocycles. The number of fused-ring (bicyclic) bond motifs is 2. The lowest BCUT2D eigenvalue weighted by molar-refractivity contribution is -0.105. The fourth-order valence-corrected chi connectivity index (χ4v) is 3.65. The second kappa shape index (κ2) is 4.67. The van der Waals surface area contributed by atoms with Crippen LogP contribution in [0.2, 0.25) is 0 Å². The third kappa shape index (κ3) is 1.88. The Kier molecular flexibility index (Phi) is 3.16. The maximum Gasteiger partial charge on any atom is 0.0949 e. The fourth-order valence-electron chi connectivity index (χ4n) is 3.65. The van der Waals surface area contributed by atoms with Gasteiger partial charge in [-0.25, -0.2) is 0 Å². The highest BCUT2D eigenvalue weighted by molar-refractivity contribution is 5.38. The molecule has 2 heteroatoms. The first kappa shape index (κ1) is 12.2. The number of rotatable bonds is 1. The van der Waals surface area contributed by atoms with Crippen molar-refractivity contribution in [1.82, 2.24) is 5.32 Å². The van der Waals surface area contributed by atoms with Crippen LogP contribution in [0.1, 0.15) is 49.7 Å². The average molecular weight is 245 g/mol. The highest BCUT2D eigenvalue weighted by Gasteiger charge is 2.43. The smallest absolute Gasteiger partial charge is 0.0949 e. The molecule has 1 N–H and O–H groups in total. The van der Waals surface area contributed by atoms with E-state index in [0.717, 1.165) is 19.4 Å². The van der Waals surface area contributed by atoms with Crippen molar-refractivity contribution in [2.24, 2.45) is 0 Å². The Labute approximate surface area is 110 Å². The Bertz CT molecular complexity index is 431. The number of nitrogens with one attached hydrogen (secondary N) is 1. The Morgan fingerprint density at radius 2 is 2.11 bits per heavy atom. The van der Waals surface area contributed by atoms with Crippen molar-refractivity contribution in [3.63, 3.8) is 0 Å². The van der Waals surface area contributed by atoms with Crippen LogP contribution in [-0.2, 0) is 10.3 Å². The van der Waals surface area contributed by atoms with Crippen LogP contribution in [0.4, 0.5) is 0 Å². The number of hydrogen-bond donors (Lipinski definition) is 1. The number of ether oxygens (including phenoxy) is 1. The van der Waals surface area contributed by atoms with Crippen LogP contribution >= 0.6 is 0 Å². The van der Waals surface area contributed by atoms with Gasteiger partial charge in [0.25, 0.3) is 0 Å². The molecule has 1 aliphatic carbocycles. The molecule has 1 aromatic rings. The Morgan fingerprint density at radius 1 is 1.28 bits per heavy atom. The highest BCUT2D eigenvalue weighted by atomic mass is 16.5. The number of hydrogen-bond acceptors (Lipinski definition) is 2. The summed E-state index contributed by atoms with van der Waals surface area (Å²) in [6.45, 7) is 3.22. The molecule has 98 valence electrons. The Hall–Kier alpha value is -0.860. The van der Waals surface area contributed by atoms with Gasteiger partial charge in [0.15, 0.2) is 0 Å². The van der Waals surface area contributed by atoms with Crippen LogP contribution in [0.15, 0.2) is 24.3 Å². The zero-order chi connectivity index (χ0) is 12.6. The van der Waals surface area contributed by atoms with Crippen LogP contribution in [-0.4, -0.2) is 19.7 Å². The normalized spacial score (nSPS) is 35.4. The second-order valence-corrected chi connectivity index (χ2v) is 5.85. The minimum Gasteiger partial charge on any atom is -0.370 e. The SMILES string of the molecule is CNC1CCOC2(CCC(C)c3ccccc32)C1. The predicted molar refractivity (Wildman–Crippen MR) is 73.8 cm³/mol. The van der Waals surface area contributed by atoms with Crippen molar-refractivity contribution in [3.05, 3.63) is 35.4 Å². The zero-order valence-electron chi connectivity index (χ0n) is 11.4. The summed E-state index contributed by atoms with van der Waals surface area (Å²) >= 11 is 0. The van der Waals surface area contributed by atoms with Crippen LogP contribution in [0.5, 0.6) is 0 Å². The molecule has 2 aliphatic rings. The third-order valence-corrected chi connectivity index (χ3v) is 4.79. The molecule has 1 aliphatic heterocycles. The fraction of sp³-hybridized carbons (Fsp3) is 0.625. The van der Waals surface area contributed by atoms with Crippen LogP contribution in [0.25, 0.3) is 0 Å². The quantitative estimate of drug-likeness (QED) is 0.820. The average Bonchev–Trinajstić information content (AvgIpc) is 2.44. The van der Waals surface area contributed by atoms with Crippen molar-refractivity contribution >= 4 is 0 Å². The van der Waals surface area contributed by atoms with E-state index in [-0.39, 0.29) is 5.60 Å². The van der Waals surface area contributed by atoms with E-state index in [1.54, 1.807) is 0 Å². The van der Waals surface area contributed by atoms with Crippen molar-refractivity contribution in [2.75, 3.05) is 13.7 Å². The zero-order valence-corrected chi connectivity index (χ0v) is 11.4. The van der Waals surface area contributed by atoms with E-state index in [9.17, 15) is 0 Å². The van der Waals surface area contributed by atoms with E-state index in [0.29, 0.717) is 12.0 Å². The minimum absolute atomic E-state index is 0.0188. The molecule has 3 atom stereocenters. The van der Waals surface area contributed by atoms with Gasteiger partial charge in [-0.05, 0) is 49.8 Å². The summed E-state index contributed by atoms with van der Waals surface area (Å²) in [7, 11) is 2.07. The van der Waals surface area contributed by atoms with E-state index in [2.05, 4.69) is 43.6 Å². The van der Waals surface area contributed by atoms with Crippen LogP contribution < -0.4 is 5.32 Å². The molecule has 1 heterocycles. The summed E-state index contributed by atoms with van der Waals surface area (Å²) < 4.78 is 6.27. The monoisotopic (exact) mass is 245 g/mol. The lowest BCUT2D eigenvalue weighted by atomic mass is 9.70. The van der Waals surface area contributed by atoms with Crippen molar-refractivity contribution in [3.8, 4) is 0 Å². The van der Waals surface area contributed by atoms with Crippen LogP contribution in [0.3, 0.4) is 0 Å². The first-order valence-corrected chi connectivity index (χ1v) is 7.16.